The average Bonchev–Trinajstić information content (AvgIpc) is 3.18. The summed E-state index contributed by atoms with van der Waals surface area (Å²) in [6, 6.07) is 15.7. The largest absolute Gasteiger partial charge is 0.482 e. The van der Waals surface area contributed by atoms with Gasteiger partial charge in [-0.2, -0.15) is 0 Å². The first-order valence-electron chi connectivity index (χ1n) is 13.8. The Hall–Kier alpha value is -2.64. The molecule has 4 atom stereocenters. The Morgan fingerprint density at radius 2 is 1.76 bits per heavy atom. The number of esters is 1. The predicted octanol–water partition coefficient (Wildman–Crippen LogP) is 6.41. The molecule has 0 unspecified atom stereocenters. The van der Waals surface area contributed by atoms with E-state index in [1.165, 1.54) is 5.56 Å². The van der Waals surface area contributed by atoms with E-state index in [0.29, 0.717) is 18.3 Å². The summed E-state index contributed by atoms with van der Waals surface area (Å²) in [7, 11) is -2.00. The maximum atomic E-state index is 12.4. The third-order valence-electron chi connectivity index (χ3n) is 8.85. The van der Waals surface area contributed by atoms with Crippen molar-refractivity contribution in [2.75, 3.05) is 6.61 Å². The van der Waals surface area contributed by atoms with E-state index in [1.807, 2.05) is 42.5 Å². The average molecular weight is 539 g/mol. The molecule has 0 amide bonds. The third-order valence-corrected chi connectivity index (χ3v) is 13.4. The van der Waals surface area contributed by atoms with E-state index < -0.39 is 20.3 Å². The summed E-state index contributed by atoms with van der Waals surface area (Å²) >= 11 is 0. The van der Waals surface area contributed by atoms with Gasteiger partial charge in [-0.1, -0.05) is 63.2 Å². The van der Waals surface area contributed by atoms with E-state index in [1.54, 1.807) is 0 Å². The molecule has 2 aromatic carbocycles. The standard InChI is InChI=1S/C31H42O6Si/c1-31(2,3)38(4,5)37-28-18-23-17-26-22(16-25(23)24(28)14-15-29(32)33)12-9-13-27(26)35-20-30(34)36-19-21-10-7-6-8-11-21/h6-13,23-25,28H,14-20H2,1-5H3,(H,32,33)/t23-,24+,25-,28+/m0/s1. The molecule has 206 valence electrons. The molecule has 2 aliphatic rings. The van der Waals surface area contributed by atoms with Crippen LogP contribution in [0.25, 0.3) is 0 Å². The Kier molecular flexibility index (Phi) is 8.67. The Bertz CT molecular complexity index is 1120. The molecule has 0 spiro atoms. The molecular weight excluding hydrogens is 496 g/mol. The number of aliphatic carboxylic acids is 1. The van der Waals surface area contributed by atoms with Gasteiger partial charge in [0.2, 0.25) is 0 Å². The Morgan fingerprint density at radius 3 is 2.45 bits per heavy atom. The summed E-state index contributed by atoms with van der Waals surface area (Å²) < 4.78 is 18.3. The lowest BCUT2D eigenvalue weighted by Gasteiger charge is -2.40. The molecule has 2 aliphatic carbocycles. The van der Waals surface area contributed by atoms with Crippen LogP contribution in [0, 0.1) is 17.8 Å². The molecule has 2 aromatic rings. The molecule has 0 bridgehead atoms. The van der Waals surface area contributed by atoms with Crippen molar-refractivity contribution >= 4 is 20.3 Å². The number of carboxylic acids is 1. The van der Waals surface area contributed by atoms with Crippen molar-refractivity contribution in [2.24, 2.45) is 17.8 Å². The summed E-state index contributed by atoms with van der Waals surface area (Å²) in [5, 5.41) is 9.53. The minimum absolute atomic E-state index is 0.0805. The summed E-state index contributed by atoms with van der Waals surface area (Å²) in [5.74, 6) is 0.640. The van der Waals surface area contributed by atoms with Crippen LogP contribution in [0.5, 0.6) is 5.75 Å². The zero-order valence-corrected chi connectivity index (χ0v) is 24.4. The van der Waals surface area contributed by atoms with Crippen molar-refractivity contribution < 1.29 is 28.6 Å². The second kappa shape index (κ2) is 11.6. The van der Waals surface area contributed by atoms with Crippen molar-refractivity contribution in [1.29, 1.82) is 0 Å². The summed E-state index contributed by atoms with van der Waals surface area (Å²) in [4.78, 5) is 23.8. The van der Waals surface area contributed by atoms with Crippen LogP contribution in [0.3, 0.4) is 0 Å². The fourth-order valence-corrected chi connectivity index (χ4v) is 7.19. The van der Waals surface area contributed by atoms with Gasteiger partial charge in [-0.15, -0.1) is 0 Å². The quantitative estimate of drug-likeness (QED) is 0.278. The minimum Gasteiger partial charge on any atom is -0.482 e. The molecule has 38 heavy (non-hydrogen) atoms. The van der Waals surface area contributed by atoms with Crippen molar-refractivity contribution in [2.45, 2.75) is 83.7 Å². The maximum Gasteiger partial charge on any atom is 0.344 e. The van der Waals surface area contributed by atoms with E-state index in [0.717, 1.165) is 36.1 Å². The van der Waals surface area contributed by atoms with Crippen LogP contribution in [0.2, 0.25) is 18.1 Å². The molecule has 0 aromatic heterocycles. The highest BCUT2D eigenvalue weighted by Crippen LogP contribution is 2.51. The molecule has 1 fully saturated rings. The van der Waals surface area contributed by atoms with E-state index >= 15 is 0 Å². The number of hydrogen-bond acceptors (Lipinski definition) is 5. The normalized spacial score (nSPS) is 22.9. The highest BCUT2D eigenvalue weighted by Gasteiger charge is 2.49. The summed E-state index contributed by atoms with van der Waals surface area (Å²) in [6.45, 7) is 11.4. The molecule has 4 rings (SSSR count). The van der Waals surface area contributed by atoms with Gasteiger partial charge in [0, 0.05) is 12.5 Å². The molecule has 0 radical (unpaired) electrons. The highest BCUT2D eigenvalue weighted by atomic mass is 28.4. The first-order valence-corrected chi connectivity index (χ1v) is 16.7. The van der Waals surface area contributed by atoms with Crippen LogP contribution in [-0.2, 0) is 38.2 Å². The zero-order chi connectivity index (χ0) is 27.5. The third kappa shape index (κ3) is 6.67. The number of fused-ring (bicyclic) bond motifs is 2. The lowest BCUT2D eigenvalue weighted by Crippen LogP contribution is -2.45. The van der Waals surface area contributed by atoms with Crippen LogP contribution < -0.4 is 4.74 Å². The smallest absolute Gasteiger partial charge is 0.344 e. The number of hydrogen-bond donors (Lipinski definition) is 1. The van der Waals surface area contributed by atoms with Crippen LogP contribution >= 0.6 is 0 Å². The van der Waals surface area contributed by atoms with E-state index in [4.69, 9.17) is 13.9 Å². The Balaban J connectivity index is 1.45. The Morgan fingerprint density at radius 1 is 1.03 bits per heavy atom. The number of carbonyl (C=O) groups is 2. The molecule has 0 heterocycles. The molecule has 6 nitrogen and oxygen atoms in total. The van der Waals surface area contributed by atoms with Crippen molar-refractivity contribution in [3.05, 3.63) is 65.2 Å². The number of benzene rings is 2. The second-order valence-electron chi connectivity index (χ2n) is 12.4. The topological polar surface area (TPSA) is 82.1 Å². The number of ether oxygens (including phenoxy) is 2. The van der Waals surface area contributed by atoms with Gasteiger partial charge in [-0.25, -0.2) is 4.79 Å². The molecule has 0 saturated heterocycles. The fourth-order valence-electron chi connectivity index (χ4n) is 5.81. The van der Waals surface area contributed by atoms with Gasteiger partial charge in [0.15, 0.2) is 14.9 Å². The summed E-state index contributed by atoms with van der Waals surface area (Å²) in [5.41, 5.74) is 3.33. The molecule has 7 heteroatoms. The molecule has 0 aliphatic heterocycles. The summed E-state index contributed by atoms with van der Waals surface area (Å²) in [6.07, 6.45) is 3.58. The van der Waals surface area contributed by atoms with Crippen molar-refractivity contribution in [3.63, 3.8) is 0 Å². The minimum atomic E-state index is -2.00. The van der Waals surface area contributed by atoms with Gasteiger partial charge < -0.3 is 19.0 Å². The van der Waals surface area contributed by atoms with Crippen LogP contribution in [-0.4, -0.2) is 38.1 Å². The van der Waals surface area contributed by atoms with Crippen LogP contribution in [0.15, 0.2) is 48.5 Å². The first-order chi connectivity index (χ1) is 17.9. The number of rotatable bonds is 10. The second-order valence-corrected chi connectivity index (χ2v) is 17.2. The van der Waals surface area contributed by atoms with Crippen LogP contribution in [0.1, 0.15) is 56.7 Å². The van der Waals surface area contributed by atoms with Gasteiger partial charge in [-0.05, 0) is 84.3 Å². The monoisotopic (exact) mass is 538 g/mol. The molecular formula is C31H42O6Si. The van der Waals surface area contributed by atoms with E-state index in [9.17, 15) is 14.7 Å². The highest BCUT2D eigenvalue weighted by molar-refractivity contribution is 6.74. The fraction of sp³-hybridized carbons (Fsp3) is 0.548. The van der Waals surface area contributed by atoms with Crippen molar-refractivity contribution in [3.8, 4) is 5.75 Å². The first kappa shape index (κ1) is 28.4. The molecule has 1 saturated carbocycles. The number of carboxylic acid groups (broad SMARTS) is 1. The Labute approximate surface area is 227 Å². The van der Waals surface area contributed by atoms with E-state index in [2.05, 4.69) is 39.9 Å². The maximum absolute atomic E-state index is 12.4. The van der Waals surface area contributed by atoms with Gasteiger partial charge in [-0.3, -0.25) is 4.79 Å². The van der Waals surface area contributed by atoms with Crippen molar-refractivity contribution in [1.82, 2.24) is 0 Å². The van der Waals surface area contributed by atoms with Gasteiger partial charge in [0.25, 0.3) is 0 Å². The van der Waals surface area contributed by atoms with Gasteiger partial charge >= 0.3 is 11.9 Å². The molecule has 1 N–H and O–H groups in total. The van der Waals surface area contributed by atoms with E-state index in [-0.39, 0.29) is 36.7 Å². The predicted molar refractivity (Wildman–Crippen MR) is 150 cm³/mol. The van der Waals surface area contributed by atoms with Gasteiger partial charge in [0.1, 0.15) is 12.4 Å². The van der Waals surface area contributed by atoms with Gasteiger partial charge in [0.05, 0.1) is 0 Å². The number of carbonyl (C=O) groups excluding carboxylic acids is 1. The SMILES string of the molecule is CC(C)(C)[Si](C)(C)O[C@@H]1C[C@@H]2Cc3c(cccc3OCC(=O)OCc3ccccc3)C[C@@H]2[C@H]1CCC(=O)O. The lowest BCUT2D eigenvalue weighted by molar-refractivity contribution is -0.147. The van der Waals surface area contributed by atoms with Crippen LogP contribution in [0.4, 0.5) is 0 Å². The lowest BCUT2D eigenvalue weighted by atomic mass is 9.73. The zero-order valence-electron chi connectivity index (χ0n) is 23.4.